The molecule has 0 radical (unpaired) electrons. The Hall–Kier alpha value is 0.480. The molecule has 0 N–H and O–H groups in total. The van der Waals surface area contributed by atoms with Gasteiger partial charge in [-0.1, -0.05) is 0 Å². The van der Waals surface area contributed by atoms with E-state index in [1.807, 2.05) is 0 Å². The molecule has 0 saturated carbocycles. The Morgan fingerprint density at radius 1 is 1.22 bits per heavy atom. The molecule has 0 saturated heterocycles. The monoisotopic (exact) mass is 308 g/mol. The van der Waals surface area contributed by atoms with E-state index in [0.29, 0.717) is 0 Å². The third-order valence-corrected chi connectivity index (χ3v) is 1.81. The topological polar surface area (TPSA) is 0 Å². The Morgan fingerprint density at radius 2 is 2.00 bits per heavy atom. The van der Waals surface area contributed by atoms with Gasteiger partial charge in [0.05, 0.1) is 0 Å². The van der Waals surface area contributed by atoms with Gasteiger partial charge in [-0.3, -0.25) is 0 Å². The van der Waals surface area contributed by atoms with Gasteiger partial charge in [0.25, 0.3) is 0 Å². The van der Waals surface area contributed by atoms with E-state index in [1.165, 1.54) is 32.1 Å². The molecule has 0 spiro atoms. The van der Waals surface area contributed by atoms with Crippen LogP contribution < -0.4 is 0 Å². The zero-order valence-electron chi connectivity index (χ0n) is 5.99. The Labute approximate surface area is 70.6 Å². The number of unbranched alkanes of at least 4 members (excludes halogenated alkanes) is 4. The fourth-order valence-corrected chi connectivity index (χ4v) is 1.10. The maximum absolute atomic E-state index is 2.43. The SMILES string of the molecule is CCCCCCC=[CH][Au]. The van der Waals surface area contributed by atoms with Gasteiger partial charge in [0.2, 0.25) is 0 Å². The number of hydrogen-bond donors (Lipinski definition) is 0. The molecule has 0 aromatic rings. The van der Waals surface area contributed by atoms with Gasteiger partial charge in [-0.15, -0.1) is 0 Å². The van der Waals surface area contributed by atoms with E-state index < -0.39 is 0 Å². The summed E-state index contributed by atoms with van der Waals surface area (Å²) in [5.74, 6) is 0. The summed E-state index contributed by atoms with van der Waals surface area (Å²) in [6, 6.07) is 0. The summed E-state index contributed by atoms with van der Waals surface area (Å²) in [6.45, 7) is 2.24. The van der Waals surface area contributed by atoms with E-state index in [-0.39, 0.29) is 0 Å². The van der Waals surface area contributed by atoms with Crippen molar-refractivity contribution in [2.75, 3.05) is 0 Å². The molecule has 0 aromatic heterocycles. The molecule has 1 heteroatoms. The van der Waals surface area contributed by atoms with E-state index >= 15 is 0 Å². The van der Waals surface area contributed by atoms with Crippen molar-refractivity contribution >= 4 is 0 Å². The van der Waals surface area contributed by atoms with Crippen molar-refractivity contribution in [3.63, 3.8) is 0 Å². The average molecular weight is 308 g/mol. The molecule has 0 bridgehead atoms. The first-order valence-corrected chi connectivity index (χ1v) is 4.87. The van der Waals surface area contributed by atoms with Gasteiger partial charge in [0.15, 0.2) is 0 Å². The average Bonchev–Trinajstić information content (AvgIpc) is 1.89. The van der Waals surface area contributed by atoms with Crippen LogP contribution in [0.25, 0.3) is 0 Å². The molecular weight excluding hydrogens is 293 g/mol. The first-order valence-electron chi connectivity index (χ1n) is 3.62. The van der Waals surface area contributed by atoms with Crippen LogP contribution in [-0.2, 0) is 21.1 Å². The molecule has 0 aliphatic heterocycles. The van der Waals surface area contributed by atoms with E-state index in [1.54, 1.807) is 0 Å². The molecule has 0 fully saturated rings. The third kappa shape index (κ3) is 8.48. The molecule has 0 amide bonds. The van der Waals surface area contributed by atoms with Crippen LogP contribution in [0, 0.1) is 0 Å². The van der Waals surface area contributed by atoms with Crippen molar-refractivity contribution in [2.24, 2.45) is 0 Å². The Bertz CT molecular complexity index is 67.0. The second-order valence-electron chi connectivity index (χ2n) is 2.19. The second-order valence-corrected chi connectivity index (χ2v) is 2.91. The summed E-state index contributed by atoms with van der Waals surface area (Å²) in [5, 5.41) is 0. The molecule has 9 heavy (non-hydrogen) atoms. The predicted octanol–water partition coefficient (Wildman–Crippen LogP) is 3.02. The molecular formula is C8H15Au. The maximum atomic E-state index is 2.43. The van der Waals surface area contributed by atoms with Crippen LogP contribution in [0.4, 0.5) is 0 Å². The summed E-state index contributed by atoms with van der Waals surface area (Å²) in [4.78, 5) is 0. The molecule has 0 unspecified atom stereocenters. The summed E-state index contributed by atoms with van der Waals surface area (Å²) < 4.78 is 2.08. The summed E-state index contributed by atoms with van der Waals surface area (Å²) >= 11 is 2.43. The Balaban J connectivity index is 2.75. The van der Waals surface area contributed by atoms with Gasteiger partial charge in [-0.2, -0.15) is 0 Å². The normalized spacial score (nSPS) is 11.0. The first kappa shape index (κ1) is 9.48. The fraction of sp³-hybridized carbons (Fsp3) is 0.750. The van der Waals surface area contributed by atoms with Crippen molar-refractivity contribution in [1.29, 1.82) is 0 Å². The van der Waals surface area contributed by atoms with Crippen molar-refractivity contribution in [3.05, 3.63) is 10.4 Å². The van der Waals surface area contributed by atoms with Crippen LogP contribution in [0.1, 0.15) is 39.0 Å². The van der Waals surface area contributed by atoms with Crippen molar-refractivity contribution in [1.82, 2.24) is 0 Å². The number of allylic oxidation sites excluding steroid dienone is 1. The van der Waals surface area contributed by atoms with Gasteiger partial charge in [-0.25, -0.2) is 0 Å². The molecule has 0 heterocycles. The second kappa shape index (κ2) is 8.48. The van der Waals surface area contributed by atoms with Crippen LogP contribution in [0.2, 0.25) is 0 Å². The minimum atomic E-state index is 1.26. The summed E-state index contributed by atoms with van der Waals surface area (Å²) in [6.07, 6.45) is 8.98. The van der Waals surface area contributed by atoms with E-state index in [0.717, 1.165) is 0 Å². The van der Waals surface area contributed by atoms with E-state index in [9.17, 15) is 0 Å². The number of rotatable bonds is 5. The van der Waals surface area contributed by atoms with Crippen LogP contribution in [0.3, 0.4) is 0 Å². The third-order valence-electron chi connectivity index (χ3n) is 1.30. The predicted molar refractivity (Wildman–Crippen MR) is 37.9 cm³/mol. The molecule has 0 rings (SSSR count). The van der Waals surface area contributed by atoms with Gasteiger partial charge < -0.3 is 0 Å². The van der Waals surface area contributed by atoms with Gasteiger partial charge in [-0.05, 0) is 0 Å². The standard InChI is InChI=1S/C8H15.Au/c1-3-5-7-8-6-4-2;/h1,3H,4-8H2,2H3;. The van der Waals surface area contributed by atoms with Crippen molar-refractivity contribution < 1.29 is 21.1 Å². The first-order chi connectivity index (χ1) is 4.41. The van der Waals surface area contributed by atoms with Gasteiger partial charge >= 0.3 is 70.5 Å². The van der Waals surface area contributed by atoms with Crippen LogP contribution in [-0.4, -0.2) is 0 Å². The molecule has 0 aliphatic rings. The fourth-order valence-electron chi connectivity index (χ4n) is 0.739. The van der Waals surface area contributed by atoms with Crippen LogP contribution in [0.5, 0.6) is 0 Å². The molecule has 0 nitrogen and oxygen atoms in total. The van der Waals surface area contributed by atoms with Gasteiger partial charge in [0, 0.05) is 0 Å². The van der Waals surface area contributed by atoms with E-state index in [2.05, 4.69) is 38.4 Å². The Morgan fingerprint density at radius 3 is 2.56 bits per heavy atom. The molecule has 0 atom stereocenters. The zero-order valence-corrected chi connectivity index (χ0v) is 8.16. The van der Waals surface area contributed by atoms with Crippen molar-refractivity contribution in [2.45, 2.75) is 39.0 Å². The molecule has 58 valence electrons. The quantitative estimate of drug-likeness (QED) is 0.541. The molecule has 0 aliphatic carbocycles. The zero-order chi connectivity index (χ0) is 6.95. The molecule has 0 aromatic carbocycles. The van der Waals surface area contributed by atoms with Gasteiger partial charge in [0.1, 0.15) is 0 Å². The minimum absolute atomic E-state index is 1.26. The van der Waals surface area contributed by atoms with E-state index in [4.69, 9.17) is 0 Å². The summed E-state index contributed by atoms with van der Waals surface area (Å²) in [7, 11) is 0. The Kier molecular flexibility index (Phi) is 8.93. The number of hydrogen-bond acceptors (Lipinski definition) is 0. The van der Waals surface area contributed by atoms with Crippen molar-refractivity contribution in [3.8, 4) is 0 Å². The van der Waals surface area contributed by atoms with Crippen LogP contribution >= 0.6 is 0 Å². The van der Waals surface area contributed by atoms with Crippen LogP contribution in [0.15, 0.2) is 10.4 Å². The summed E-state index contributed by atoms with van der Waals surface area (Å²) in [5.41, 5.74) is 0.